The number of hydrogen-bond donors (Lipinski definition) is 1. The molecule has 0 heterocycles. The van der Waals surface area contributed by atoms with E-state index in [1.165, 1.54) is 0 Å². The fourth-order valence-electron chi connectivity index (χ4n) is 0.880. The molecule has 0 atom stereocenters. The predicted octanol–water partition coefficient (Wildman–Crippen LogP) is 2.34. The van der Waals surface area contributed by atoms with Crippen molar-refractivity contribution in [2.75, 3.05) is 0 Å². The molecule has 0 unspecified atom stereocenters. The summed E-state index contributed by atoms with van der Waals surface area (Å²) in [4.78, 5) is 10.7. The highest BCUT2D eigenvalue weighted by atomic mass is 79.9. The average Bonchev–Trinajstić information content (AvgIpc) is 2.08. The minimum absolute atomic E-state index is 0.386. The molecule has 3 heteroatoms. The van der Waals surface area contributed by atoms with Gasteiger partial charge in [-0.1, -0.05) is 28.1 Å². The first-order valence-corrected chi connectivity index (χ1v) is 4.62. The fraction of sp³-hybridized carbons (Fsp3) is 0.100. The number of carbonyl (C=O) groups excluding carboxylic acids is 1. The summed E-state index contributed by atoms with van der Waals surface area (Å²) in [6.45, 7) is 1.70. The molecule has 0 aromatic heterocycles. The summed E-state index contributed by atoms with van der Waals surface area (Å²) in [5, 5.41) is 0. The van der Waals surface area contributed by atoms with E-state index in [1.54, 1.807) is 13.0 Å². The van der Waals surface area contributed by atoms with E-state index < -0.39 is 0 Å². The van der Waals surface area contributed by atoms with Crippen LogP contribution >= 0.6 is 15.9 Å². The van der Waals surface area contributed by atoms with Crippen molar-refractivity contribution in [2.45, 2.75) is 6.92 Å². The first-order valence-electron chi connectivity index (χ1n) is 3.83. The fourth-order valence-corrected chi connectivity index (χ4v) is 1.14. The maximum atomic E-state index is 10.7. The molecule has 0 aliphatic heterocycles. The van der Waals surface area contributed by atoms with Gasteiger partial charge in [-0.3, -0.25) is 4.79 Å². The van der Waals surface area contributed by atoms with E-state index in [0.717, 1.165) is 10.0 Å². The lowest BCUT2D eigenvalue weighted by Crippen LogP contribution is -2.11. The molecule has 0 saturated heterocycles. The third kappa shape index (κ3) is 3.03. The van der Waals surface area contributed by atoms with Crippen LogP contribution in [0.1, 0.15) is 12.5 Å². The van der Waals surface area contributed by atoms with E-state index in [0.29, 0.717) is 5.57 Å². The molecule has 0 aliphatic carbocycles. The summed E-state index contributed by atoms with van der Waals surface area (Å²) in [6, 6.07) is 7.66. The van der Waals surface area contributed by atoms with Crippen LogP contribution in [0.2, 0.25) is 0 Å². The molecule has 0 fully saturated rings. The van der Waals surface area contributed by atoms with Crippen LogP contribution in [0.25, 0.3) is 6.08 Å². The molecule has 0 radical (unpaired) electrons. The second-order valence-corrected chi connectivity index (χ2v) is 3.66. The van der Waals surface area contributed by atoms with Gasteiger partial charge in [0.05, 0.1) is 0 Å². The summed E-state index contributed by atoms with van der Waals surface area (Å²) in [5.74, 6) is -0.386. The van der Waals surface area contributed by atoms with Gasteiger partial charge in [0.2, 0.25) is 5.91 Å². The lowest BCUT2D eigenvalue weighted by atomic mass is 10.1. The molecular formula is C10H10BrNO. The molecule has 2 nitrogen and oxygen atoms in total. The van der Waals surface area contributed by atoms with Crippen LogP contribution in [0, 0.1) is 0 Å². The van der Waals surface area contributed by atoms with E-state index in [1.807, 2.05) is 24.3 Å². The Labute approximate surface area is 85.6 Å². The Morgan fingerprint density at radius 2 is 1.92 bits per heavy atom. The van der Waals surface area contributed by atoms with Gasteiger partial charge in [0, 0.05) is 10.0 Å². The molecule has 1 aromatic rings. The summed E-state index contributed by atoms with van der Waals surface area (Å²) in [5.41, 5.74) is 6.63. The molecule has 0 bridgehead atoms. The number of hydrogen-bond acceptors (Lipinski definition) is 1. The van der Waals surface area contributed by atoms with Crippen LogP contribution in [-0.4, -0.2) is 5.91 Å². The van der Waals surface area contributed by atoms with Gasteiger partial charge in [0.15, 0.2) is 0 Å². The van der Waals surface area contributed by atoms with Crippen LogP contribution in [0.5, 0.6) is 0 Å². The Morgan fingerprint density at radius 3 is 2.38 bits per heavy atom. The standard InChI is InChI=1S/C10H10BrNO/c1-7(10(12)13)6-8-2-4-9(11)5-3-8/h2-6H,1H3,(H2,12,13). The second-order valence-electron chi connectivity index (χ2n) is 2.74. The van der Waals surface area contributed by atoms with Crippen LogP contribution < -0.4 is 5.73 Å². The summed E-state index contributed by atoms with van der Waals surface area (Å²) >= 11 is 3.33. The van der Waals surface area contributed by atoms with Crippen LogP contribution in [0.3, 0.4) is 0 Å². The Morgan fingerprint density at radius 1 is 1.38 bits per heavy atom. The Balaban J connectivity index is 2.92. The first-order chi connectivity index (χ1) is 6.09. The molecule has 13 heavy (non-hydrogen) atoms. The maximum Gasteiger partial charge on any atom is 0.244 e. The Kier molecular flexibility index (Phi) is 3.25. The van der Waals surface area contributed by atoms with Gasteiger partial charge in [-0.05, 0) is 30.7 Å². The van der Waals surface area contributed by atoms with E-state index in [2.05, 4.69) is 15.9 Å². The van der Waals surface area contributed by atoms with Crippen LogP contribution in [-0.2, 0) is 4.79 Å². The zero-order valence-corrected chi connectivity index (χ0v) is 8.84. The number of rotatable bonds is 2. The maximum absolute atomic E-state index is 10.7. The topological polar surface area (TPSA) is 43.1 Å². The van der Waals surface area contributed by atoms with Gasteiger partial charge in [-0.25, -0.2) is 0 Å². The minimum atomic E-state index is -0.386. The van der Waals surface area contributed by atoms with E-state index in [-0.39, 0.29) is 5.91 Å². The van der Waals surface area contributed by atoms with Crippen molar-refractivity contribution in [3.63, 3.8) is 0 Å². The smallest absolute Gasteiger partial charge is 0.244 e. The Bertz CT molecular complexity index is 340. The first kappa shape index (κ1) is 9.99. The van der Waals surface area contributed by atoms with E-state index in [4.69, 9.17) is 5.73 Å². The van der Waals surface area contributed by atoms with Crippen molar-refractivity contribution < 1.29 is 4.79 Å². The average molecular weight is 240 g/mol. The molecule has 0 aliphatic rings. The largest absolute Gasteiger partial charge is 0.366 e. The normalized spacial score (nSPS) is 11.4. The minimum Gasteiger partial charge on any atom is -0.366 e. The monoisotopic (exact) mass is 239 g/mol. The third-order valence-electron chi connectivity index (χ3n) is 1.64. The SMILES string of the molecule is CC(=Cc1ccc(Br)cc1)C(N)=O. The number of primary amides is 1. The second kappa shape index (κ2) is 4.23. The highest BCUT2D eigenvalue weighted by Gasteiger charge is 1.96. The van der Waals surface area contributed by atoms with Crippen molar-refractivity contribution in [1.29, 1.82) is 0 Å². The molecule has 2 N–H and O–H groups in total. The highest BCUT2D eigenvalue weighted by molar-refractivity contribution is 9.10. The summed E-state index contributed by atoms with van der Waals surface area (Å²) in [6.07, 6.45) is 1.76. The van der Waals surface area contributed by atoms with Gasteiger partial charge < -0.3 is 5.73 Å². The molecule has 1 rings (SSSR count). The number of halogens is 1. The predicted molar refractivity (Wildman–Crippen MR) is 57.0 cm³/mol. The van der Waals surface area contributed by atoms with Gasteiger partial charge >= 0.3 is 0 Å². The van der Waals surface area contributed by atoms with Gasteiger partial charge in [0.25, 0.3) is 0 Å². The lowest BCUT2D eigenvalue weighted by molar-refractivity contribution is -0.114. The van der Waals surface area contributed by atoms with Gasteiger partial charge in [0.1, 0.15) is 0 Å². The van der Waals surface area contributed by atoms with E-state index in [9.17, 15) is 4.79 Å². The van der Waals surface area contributed by atoms with Gasteiger partial charge in [-0.15, -0.1) is 0 Å². The quantitative estimate of drug-likeness (QED) is 0.792. The van der Waals surface area contributed by atoms with E-state index >= 15 is 0 Å². The lowest BCUT2D eigenvalue weighted by Gasteiger charge is -1.96. The van der Waals surface area contributed by atoms with Crippen molar-refractivity contribution in [3.05, 3.63) is 39.9 Å². The van der Waals surface area contributed by atoms with Crippen molar-refractivity contribution >= 4 is 27.9 Å². The molecule has 1 amide bonds. The van der Waals surface area contributed by atoms with Crippen molar-refractivity contribution in [2.24, 2.45) is 5.73 Å². The summed E-state index contributed by atoms with van der Waals surface area (Å²) in [7, 11) is 0. The molecule has 0 saturated carbocycles. The van der Waals surface area contributed by atoms with Crippen LogP contribution in [0.4, 0.5) is 0 Å². The highest BCUT2D eigenvalue weighted by Crippen LogP contribution is 2.12. The molecule has 1 aromatic carbocycles. The summed E-state index contributed by atoms with van der Waals surface area (Å²) < 4.78 is 1.02. The number of carbonyl (C=O) groups is 1. The zero-order valence-electron chi connectivity index (χ0n) is 7.25. The zero-order chi connectivity index (χ0) is 9.84. The third-order valence-corrected chi connectivity index (χ3v) is 2.17. The van der Waals surface area contributed by atoms with Crippen LogP contribution in [0.15, 0.2) is 34.3 Å². The van der Waals surface area contributed by atoms with Crippen molar-refractivity contribution in [3.8, 4) is 0 Å². The number of nitrogens with two attached hydrogens (primary N) is 1. The molecular weight excluding hydrogens is 230 g/mol. The Hall–Kier alpha value is -1.09. The van der Waals surface area contributed by atoms with Crippen molar-refractivity contribution in [1.82, 2.24) is 0 Å². The number of benzene rings is 1. The molecule has 68 valence electrons. The van der Waals surface area contributed by atoms with Gasteiger partial charge in [-0.2, -0.15) is 0 Å². The number of amides is 1. The molecule has 0 spiro atoms.